The highest BCUT2D eigenvalue weighted by Gasteiger charge is 2.29. The third-order valence-corrected chi connectivity index (χ3v) is 6.25. The summed E-state index contributed by atoms with van der Waals surface area (Å²) in [5.41, 5.74) is 3.12. The smallest absolute Gasteiger partial charge is 0.340 e. The van der Waals surface area contributed by atoms with Gasteiger partial charge in [-0.25, -0.2) is 9.59 Å². The first-order valence-corrected chi connectivity index (χ1v) is 13.1. The number of aromatic nitrogens is 1. The molecule has 0 bridgehead atoms. The van der Waals surface area contributed by atoms with Gasteiger partial charge in [-0.1, -0.05) is 23.7 Å². The second-order valence-electron chi connectivity index (χ2n) is 7.98. The van der Waals surface area contributed by atoms with Gasteiger partial charge in [0, 0.05) is 10.6 Å². The summed E-state index contributed by atoms with van der Waals surface area (Å²) < 4.78 is 23.3. The molecule has 0 saturated carbocycles. The van der Waals surface area contributed by atoms with Crippen LogP contribution in [0.3, 0.4) is 0 Å². The second kappa shape index (κ2) is 12.9. The molecule has 3 aromatic rings. The molecule has 0 saturated heterocycles. The van der Waals surface area contributed by atoms with Crippen LogP contribution in [0.15, 0.2) is 40.9 Å². The Labute approximate surface area is 230 Å². The SMILES string of the molecule is CCOC(=O)c1c(C)nc(C)c(C(=O)OCC)c1-c1cc(Br)c(OCc2ccc(Cl)cc2)c(OCC)c1. The Bertz CT molecular complexity index is 1250. The van der Waals surface area contributed by atoms with E-state index in [1.54, 1.807) is 52.0 Å². The normalized spacial score (nSPS) is 10.7. The van der Waals surface area contributed by atoms with Gasteiger partial charge in [-0.05, 0) is 85.9 Å². The maximum absolute atomic E-state index is 13.1. The van der Waals surface area contributed by atoms with Crippen molar-refractivity contribution in [2.45, 2.75) is 41.2 Å². The van der Waals surface area contributed by atoms with Gasteiger partial charge in [-0.3, -0.25) is 4.98 Å². The van der Waals surface area contributed by atoms with Gasteiger partial charge in [-0.2, -0.15) is 0 Å². The molecular weight excluding hydrogens is 562 g/mol. The number of hydrogen-bond donors (Lipinski definition) is 0. The fraction of sp³-hybridized carbons (Fsp3) is 0.321. The van der Waals surface area contributed by atoms with Crippen molar-refractivity contribution >= 4 is 39.5 Å². The van der Waals surface area contributed by atoms with Crippen molar-refractivity contribution in [1.82, 2.24) is 4.98 Å². The van der Waals surface area contributed by atoms with Crippen LogP contribution in [0.1, 0.15) is 58.4 Å². The standard InChI is InChI=1S/C28H29BrClNO6/c1-6-34-22-14-19(13-21(29)26(22)37-15-18-9-11-20(30)12-10-18)25-23(27(32)35-7-2)16(4)31-17(5)24(25)28(33)36-8-3/h9-14H,6-8,15H2,1-5H3. The van der Waals surface area contributed by atoms with Crippen LogP contribution in [0.4, 0.5) is 0 Å². The number of carbonyl (C=O) groups excluding carboxylic acids is 2. The van der Waals surface area contributed by atoms with Crippen molar-refractivity contribution in [2.75, 3.05) is 19.8 Å². The number of nitrogens with zero attached hydrogens (tertiary/aromatic N) is 1. The van der Waals surface area contributed by atoms with Crippen LogP contribution in [0, 0.1) is 13.8 Å². The number of ether oxygens (including phenoxy) is 4. The summed E-state index contributed by atoms with van der Waals surface area (Å²) >= 11 is 9.59. The fourth-order valence-corrected chi connectivity index (χ4v) is 4.58. The summed E-state index contributed by atoms with van der Waals surface area (Å²) in [6, 6.07) is 10.9. The van der Waals surface area contributed by atoms with E-state index < -0.39 is 11.9 Å². The van der Waals surface area contributed by atoms with Crippen molar-refractivity contribution in [3.05, 3.63) is 74.0 Å². The van der Waals surface area contributed by atoms with Crippen LogP contribution in [0.2, 0.25) is 5.02 Å². The highest BCUT2D eigenvalue weighted by Crippen LogP contribution is 2.43. The van der Waals surface area contributed by atoms with Gasteiger partial charge in [0.05, 0.1) is 46.8 Å². The summed E-state index contributed by atoms with van der Waals surface area (Å²) in [5, 5.41) is 0.641. The lowest BCUT2D eigenvalue weighted by molar-refractivity contribution is 0.0525. The van der Waals surface area contributed by atoms with E-state index in [0.717, 1.165) is 5.56 Å². The van der Waals surface area contributed by atoms with Crippen LogP contribution in [0.5, 0.6) is 11.5 Å². The molecule has 196 valence electrons. The number of halogens is 2. The van der Waals surface area contributed by atoms with E-state index in [1.165, 1.54) is 0 Å². The fourth-order valence-electron chi connectivity index (χ4n) is 3.90. The molecule has 2 aromatic carbocycles. The van der Waals surface area contributed by atoms with Crippen LogP contribution in [-0.2, 0) is 16.1 Å². The third kappa shape index (κ3) is 6.62. The number of pyridine rings is 1. The highest BCUT2D eigenvalue weighted by molar-refractivity contribution is 9.10. The number of rotatable bonds is 10. The number of benzene rings is 2. The van der Waals surface area contributed by atoms with Crippen LogP contribution < -0.4 is 9.47 Å². The first-order valence-electron chi connectivity index (χ1n) is 11.9. The number of aryl methyl sites for hydroxylation is 2. The minimum Gasteiger partial charge on any atom is -0.490 e. The van der Waals surface area contributed by atoms with Gasteiger partial charge in [0.1, 0.15) is 6.61 Å². The molecule has 0 atom stereocenters. The van der Waals surface area contributed by atoms with Gasteiger partial charge >= 0.3 is 11.9 Å². The molecule has 0 fully saturated rings. The average molecular weight is 591 g/mol. The lowest BCUT2D eigenvalue weighted by Gasteiger charge is -2.20. The van der Waals surface area contributed by atoms with E-state index in [4.69, 9.17) is 30.5 Å². The first-order chi connectivity index (χ1) is 17.7. The number of carbonyl (C=O) groups is 2. The molecule has 0 aliphatic heterocycles. The molecule has 0 N–H and O–H groups in total. The minimum atomic E-state index is -0.579. The molecule has 0 aliphatic carbocycles. The van der Waals surface area contributed by atoms with Gasteiger partial charge in [0.25, 0.3) is 0 Å². The molecule has 3 rings (SSSR count). The molecule has 0 aliphatic rings. The Hall–Kier alpha value is -3.10. The molecule has 0 spiro atoms. The summed E-state index contributed by atoms with van der Waals surface area (Å²) in [6.07, 6.45) is 0. The maximum Gasteiger partial charge on any atom is 0.340 e. The van der Waals surface area contributed by atoms with Gasteiger partial charge < -0.3 is 18.9 Å². The monoisotopic (exact) mass is 589 g/mol. The maximum atomic E-state index is 13.1. The predicted octanol–water partition coefficient (Wildman–Crippen LogP) is 7.11. The predicted molar refractivity (Wildman–Crippen MR) is 146 cm³/mol. The largest absolute Gasteiger partial charge is 0.490 e. The van der Waals surface area contributed by atoms with Crippen molar-refractivity contribution in [3.8, 4) is 22.6 Å². The third-order valence-electron chi connectivity index (χ3n) is 5.41. The van der Waals surface area contributed by atoms with Gasteiger partial charge in [0.2, 0.25) is 0 Å². The zero-order chi connectivity index (χ0) is 27.1. The van der Waals surface area contributed by atoms with Gasteiger partial charge in [0.15, 0.2) is 11.5 Å². The molecule has 9 heteroatoms. The van der Waals surface area contributed by atoms with E-state index in [1.807, 2.05) is 19.1 Å². The zero-order valence-electron chi connectivity index (χ0n) is 21.4. The Morgan fingerprint density at radius 1 is 0.865 bits per heavy atom. The number of esters is 2. The van der Waals surface area contributed by atoms with E-state index >= 15 is 0 Å². The molecule has 1 heterocycles. The van der Waals surface area contributed by atoms with Crippen molar-refractivity contribution < 1.29 is 28.5 Å². The Morgan fingerprint density at radius 3 is 1.95 bits per heavy atom. The molecule has 1 aromatic heterocycles. The summed E-state index contributed by atoms with van der Waals surface area (Å²) in [4.78, 5) is 30.6. The van der Waals surface area contributed by atoms with Crippen LogP contribution >= 0.6 is 27.5 Å². The Morgan fingerprint density at radius 2 is 1.43 bits per heavy atom. The van der Waals surface area contributed by atoms with E-state index in [0.29, 0.717) is 50.1 Å². The zero-order valence-corrected chi connectivity index (χ0v) is 23.8. The van der Waals surface area contributed by atoms with Gasteiger partial charge in [-0.15, -0.1) is 0 Å². The molecule has 0 amide bonds. The summed E-state index contributed by atoms with van der Waals surface area (Å²) in [7, 11) is 0. The average Bonchev–Trinajstić information content (AvgIpc) is 2.84. The summed E-state index contributed by atoms with van der Waals surface area (Å²) in [5.74, 6) is -0.230. The lowest BCUT2D eigenvalue weighted by Crippen LogP contribution is -2.17. The quantitative estimate of drug-likeness (QED) is 0.233. The van der Waals surface area contributed by atoms with Crippen molar-refractivity contribution in [2.24, 2.45) is 0 Å². The summed E-state index contributed by atoms with van der Waals surface area (Å²) in [6.45, 7) is 9.71. The van der Waals surface area contributed by atoms with Crippen LogP contribution in [-0.4, -0.2) is 36.7 Å². The Balaban J connectivity index is 2.21. The molecule has 37 heavy (non-hydrogen) atoms. The van der Waals surface area contributed by atoms with E-state index in [2.05, 4.69) is 20.9 Å². The second-order valence-corrected chi connectivity index (χ2v) is 9.27. The van der Waals surface area contributed by atoms with E-state index in [-0.39, 0.29) is 30.9 Å². The lowest BCUT2D eigenvalue weighted by atomic mass is 9.92. The van der Waals surface area contributed by atoms with Crippen molar-refractivity contribution in [1.29, 1.82) is 0 Å². The van der Waals surface area contributed by atoms with E-state index in [9.17, 15) is 9.59 Å². The van der Waals surface area contributed by atoms with Crippen LogP contribution in [0.25, 0.3) is 11.1 Å². The van der Waals surface area contributed by atoms with Crippen molar-refractivity contribution in [3.63, 3.8) is 0 Å². The molecule has 0 unspecified atom stereocenters. The topological polar surface area (TPSA) is 84.0 Å². The minimum absolute atomic E-state index is 0.172. The number of hydrogen-bond acceptors (Lipinski definition) is 7. The first kappa shape index (κ1) is 28.5. The highest BCUT2D eigenvalue weighted by atomic mass is 79.9. The Kier molecular flexibility index (Phi) is 9.94. The molecular formula is C28H29BrClNO6. The molecule has 0 radical (unpaired) electrons. The molecule has 7 nitrogen and oxygen atoms in total.